The van der Waals surface area contributed by atoms with Crippen LogP contribution >= 0.6 is 15.9 Å². The molecular formula is C60H39BrN2. The van der Waals surface area contributed by atoms with Crippen LogP contribution < -0.4 is 0 Å². The topological polar surface area (TPSA) is 20.7 Å². The van der Waals surface area contributed by atoms with Crippen molar-refractivity contribution in [3.05, 3.63) is 235 Å². The van der Waals surface area contributed by atoms with E-state index in [2.05, 4.69) is 226 Å². The molecule has 2 nitrogen and oxygen atoms in total. The highest BCUT2D eigenvalue weighted by atomic mass is 79.9. The van der Waals surface area contributed by atoms with E-state index in [1.54, 1.807) is 0 Å². The van der Waals surface area contributed by atoms with E-state index in [0.717, 1.165) is 4.47 Å². The standard InChI is InChI=1S/C30H19N.C24H15N.C6H5Br/c1-2-11-21(12-3-1)31-29-22-13-5-4-10-20(22)18-19-27(29)28-25-16-8-6-14-23(25)24-15-7-9-17-26(24)30(28)31;1-2-8-16-15(7-1)13-14-21-22-19-11-5-3-9-17(19)18-10-4-6-12-20(18)24(22)25-23(16)21;7-6-4-2-1-3-5-6/h1-19H;1-14,25H;1-5H. The second-order valence-electron chi connectivity index (χ2n) is 16.1. The van der Waals surface area contributed by atoms with Crippen molar-refractivity contribution in [2.75, 3.05) is 0 Å². The molecule has 296 valence electrons. The van der Waals surface area contributed by atoms with Crippen molar-refractivity contribution in [2.24, 2.45) is 0 Å². The van der Waals surface area contributed by atoms with Crippen molar-refractivity contribution in [1.82, 2.24) is 9.55 Å². The molecule has 0 bridgehead atoms. The smallest absolute Gasteiger partial charge is 0.0626 e. The van der Waals surface area contributed by atoms with Gasteiger partial charge in [-0.15, -0.1) is 0 Å². The lowest BCUT2D eigenvalue weighted by atomic mass is 9.96. The minimum atomic E-state index is 1.13. The minimum absolute atomic E-state index is 1.13. The molecule has 14 rings (SSSR count). The molecule has 2 aromatic heterocycles. The van der Waals surface area contributed by atoms with Gasteiger partial charge in [-0.3, -0.25) is 0 Å². The maximum Gasteiger partial charge on any atom is 0.0626 e. The van der Waals surface area contributed by atoms with Crippen LogP contribution in [0.3, 0.4) is 0 Å². The van der Waals surface area contributed by atoms with Crippen molar-refractivity contribution >= 4 is 124 Å². The van der Waals surface area contributed by atoms with Crippen LogP contribution in [0.15, 0.2) is 235 Å². The Balaban J connectivity index is 0.000000118. The number of rotatable bonds is 1. The molecule has 3 heteroatoms. The summed E-state index contributed by atoms with van der Waals surface area (Å²) in [5.41, 5.74) is 6.22. The Morgan fingerprint density at radius 3 is 1.30 bits per heavy atom. The maximum absolute atomic E-state index is 3.76. The number of fused-ring (bicyclic) bond motifs is 20. The number of hydrogen-bond donors (Lipinski definition) is 1. The molecule has 0 aliphatic heterocycles. The molecule has 0 spiro atoms. The highest BCUT2D eigenvalue weighted by Crippen LogP contribution is 2.44. The summed E-state index contributed by atoms with van der Waals surface area (Å²) in [6.07, 6.45) is 0. The van der Waals surface area contributed by atoms with Crippen LogP contribution in [-0.2, 0) is 0 Å². The average Bonchev–Trinajstić information content (AvgIpc) is 3.94. The molecular weight excluding hydrogens is 829 g/mol. The van der Waals surface area contributed by atoms with Gasteiger partial charge in [-0.2, -0.15) is 0 Å². The lowest BCUT2D eigenvalue weighted by Crippen LogP contribution is -1.95. The van der Waals surface area contributed by atoms with Crippen molar-refractivity contribution in [2.45, 2.75) is 0 Å². The predicted octanol–water partition coefficient (Wildman–Crippen LogP) is 17.5. The summed E-state index contributed by atoms with van der Waals surface area (Å²) in [4.78, 5) is 3.76. The second kappa shape index (κ2) is 15.3. The number of nitrogens with zero attached hydrogens (tertiary/aromatic N) is 1. The summed E-state index contributed by atoms with van der Waals surface area (Å²) >= 11 is 3.31. The largest absolute Gasteiger partial charge is 0.353 e. The van der Waals surface area contributed by atoms with E-state index in [9.17, 15) is 0 Å². The summed E-state index contributed by atoms with van der Waals surface area (Å²) in [5.74, 6) is 0. The number of aromatic nitrogens is 2. The first-order valence-corrected chi connectivity index (χ1v) is 22.3. The van der Waals surface area contributed by atoms with Crippen LogP contribution in [0.4, 0.5) is 0 Å². The molecule has 2 heterocycles. The number of nitrogens with one attached hydrogen (secondary N) is 1. The molecule has 63 heavy (non-hydrogen) atoms. The number of halogens is 1. The molecule has 0 saturated heterocycles. The Morgan fingerprint density at radius 1 is 0.270 bits per heavy atom. The normalized spacial score (nSPS) is 11.6. The van der Waals surface area contributed by atoms with Gasteiger partial charge in [0.05, 0.1) is 22.1 Å². The van der Waals surface area contributed by atoms with Gasteiger partial charge in [-0.25, -0.2) is 0 Å². The van der Waals surface area contributed by atoms with Crippen LogP contribution in [0.25, 0.3) is 114 Å². The lowest BCUT2D eigenvalue weighted by molar-refractivity contribution is 1.19. The van der Waals surface area contributed by atoms with Gasteiger partial charge in [-0.05, 0) is 67.4 Å². The molecule has 0 aliphatic rings. The van der Waals surface area contributed by atoms with E-state index in [0.29, 0.717) is 0 Å². The summed E-state index contributed by atoms with van der Waals surface area (Å²) < 4.78 is 3.61. The zero-order valence-electron chi connectivity index (χ0n) is 34.3. The lowest BCUT2D eigenvalue weighted by Gasteiger charge is -2.12. The van der Waals surface area contributed by atoms with Crippen LogP contribution in [-0.4, -0.2) is 9.55 Å². The fraction of sp³-hybridized carbons (Fsp3) is 0. The van der Waals surface area contributed by atoms with Gasteiger partial charge in [-0.1, -0.05) is 222 Å². The van der Waals surface area contributed by atoms with Crippen LogP contribution in [0.2, 0.25) is 0 Å². The fourth-order valence-corrected chi connectivity index (χ4v) is 10.3. The SMILES string of the molecule is Brc1ccccc1.c1ccc(-n2c3c4ccccc4ccc3c3c4ccccc4c4ccccc4c32)cc1.c1ccc2c(c1)ccc1c2[nH]c2c3ccccc3c3ccccc3c12. The fourth-order valence-electron chi connectivity index (χ4n) is 9.98. The van der Waals surface area contributed by atoms with E-state index < -0.39 is 0 Å². The maximum atomic E-state index is 3.76. The third-order valence-corrected chi connectivity index (χ3v) is 13.2. The summed E-state index contributed by atoms with van der Waals surface area (Å²) in [7, 11) is 0. The van der Waals surface area contributed by atoms with Gasteiger partial charge in [0.2, 0.25) is 0 Å². The van der Waals surface area contributed by atoms with E-state index in [1.165, 1.54) is 114 Å². The molecule has 0 radical (unpaired) electrons. The van der Waals surface area contributed by atoms with E-state index >= 15 is 0 Å². The second-order valence-corrected chi connectivity index (χ2v) is 17.1. The quantitative estimate of drug-likeness (QED) is 0.159. The van der Waals surface area contributed by atoms with E-state index in [-0.39, 0.29) is 0 Å². The van der Waals surface area contributed by atoms with Crippen molar-refractivity contribution in [3.8, 4) is 5.69 Å². The Labute approximate surface area is 372 Å². The molecule has 0 amide bonds. The highest BCUT2D eigenvalue weighted by molar-refractivity contribution is 9.10. The van der Waals surface area contributed by atoms with E-state index in [4.69, 9.17) is 0 Å². The zero-order valence-corrected chi connectivity index (χ0v) is 35.9. The molecule has 0 saturated carbocycles. The first-order valence-electron chi connectivity index (χ1n) is 21.5. The van der Waals surface area contributed by atoms with Crippen LogP contribution in [0.1, 0.15) is 0 Å². The molecule has 0 atom stereocenters. The number of para-hydroxylation sites is 1. The molecule has 0 unspecified atom stereocenters. The monoisotopic (exact) mass is 866 g/mol. The molecule has 14 aromatic rings. The van der Waals surface area contributed by atoms with Gasteiger partial charge >= 0.3 is 0 Å². The third-order valence-electron chi connectivity index (χ3n) is 12.7. The Hall–Kier alpha value is -7.72. The Bertz CT molecular complexity index is 4030. The first-order chi connectivity index (χ1) is 31.2. The third kappa shape index (κ3) is 6.07. The van der Waals surface area contributed by atoms with Crippen molar-refractivity contribution in [1.29, 1.82) is 0 Å². The molecule has 12 aromatic carbocycles. The Kier molecular flexibility index (Phi) is 9.02. The number of benzene rings is 12. The minimum Gasteiger partial charge on any atom is -0.353 e. The number of aromatic amines is 1. The van der Waals surface area contributed by atoms with E-state index in [1.807, 2.05) is 30.3 Å². The molecule has 1 N–H and O–H groups in total. The van der Waals surface area contributed by atoms with Crippen LogP contribution in [0.5, 0.6) is 0 Å². The summed E-state index contributed by atoms with van der Waals surface area (Å²) in [5, 5.41) is 20.8. The molecule has 0 fully saturated rings. The Morgan fingerprint density at radius 2 is 0.698 bits per heavy atom. The van der Waals surface area contributed by atoms with Gasteiger partial charge in [0.25, 0.3) is 0 Å². The predicted molar refractivity (Wildman–Crippen MR) is 276 cm³/mol. The average molecular weight is 868 g/mol. The van der Waals surface area contributed by atoms with Gasteiger partial charge in [0, 0.05) is 53.2 Å². The number of H-pyrrole nitrogens is 1. The van der Waals surface area contributed by atoms with Crippen LogP contribution in [0, 0.1) is 0 Å². The summed E-state index contributed by atoms with van der Waals surface area (Å²) in [6.45, 7) is 0. The summed E-state index contributed by atoms with van der Waals surface area (Å²) in [6, 6.07) is 82.2. The zero-order chi connectivity index (χ0) is 41.9. The van der Waals surface area contributed by atoms with Gasteiger partial charge in [0.15, 0.2) is 0 Å². The van der Waals surface area contributed by atoms with Crippen molar-refractivity contribution in [3.63, 3.8) is 0 Å². The van der Waals surface area contributed by atoms with Crippen molar-refractivity contribution < 1.29 is 0 Å². The molecule has 0 aliphatic carbocycles. The first kappa shape index (κ1) is 37.1. The van der Waals surface area contributed by atoms with Gasteiger partial charge in [0.1, 0.15) is 0 Å². The highest BCUT2D eigenvalue weighted by Gasteiger charge is 2.20. The van der Waals surface area contributed by atoms with Gasteiger partial charge < -0.3 is 9.55 Å². The number of hydrogen-bond acceptors (Lipinski definition) is 0.